The Morgan fingerprint density at radius 1 is 1.11 bits per heavy atom. The van der Waals surface area contributed by atoms with Gasteiger partial charge in [0.2, 0.25) is 5.91 Å². The molecule has 1 aliphatic rings. The summed E-state index contributed by atoms with van der Waals surface area (Å²) in [6, 6.07) is 16.5. The van der Waals surface area contributed by atoms with Crippen molar-refractivity contribution in [1.29, 1.82) is 0 Å². The SMILES string of the molecule is CN(Cc1cccc(-c2ccc(N3CCOCC3)cc2)c1)C(=O)CNC(=O)O. The highest BCUT2D eigenvalue weighted by molar-refractivity contribution is 5.81. The van der Waals surface area contributed by atoms with Crippen LogP contribution in [-0.4, -0.2) is 61.9 Å². The summed E-state index contributed by atoms with van der Waals surface area (Å²) in [4.78, 5) is 26.3. The van der Waals surface area contributed by atoms with E-state index in [1.165, 1.54) is 10.6 Å². The molecule has 1 saturated heterocycles. The van der Waals surface area contributed by atoms with Gasteiger partial charge in [-0.1, -0.05) is 30.3 Å². The van der Waals surface area contributed by atoms with Crippen LogP contribution in [0.5, 0.6) is 0 Å². The van der Waals surface area contributed by atoms with Crippen molar-refractivity contribution in [2.45, 2.75) is 6.54 Å². The van der Waals surface area contributed by atoms with Gasteiger partial charge in [0.05, 0.1) is 13.2 Å². The average Bonchev–Trinajstić information content (AvgIpc) is 2.73. The number of ether oxygens (including phenoxy) is 1. The molecular weight excluding hydrogens is 358 g/mol. The molecule has 1 aliphatic heterocycles. The maximum atomic E-state index is 12.0. The Bertz CT molecular complexity index is 817. The van der Waals surface area contributed by atoms with Gasteiger partial charge in [0, 0.05) is 32.4 Å². The maximum absolute atomic E-state index is 12.0. The lowest BCUT2D eigenvalue weighted by atomic mass is 10.0. The summed E-state index contributed by atoms with van der Waals surface area (Å²) in [5.41, 5.74) is 4.37. The molecule has 148 valence electrons. The topological polar surface area (TPSA) is 82.1 Å². The number of likely N-dealkylation sites (N-methyl/N-ethyl adjacent to an activating group) is 1. The van der Waals surface area contributed by atoms with Crippen molar-refractivity contribution in [2.75, 3.05) is 44.8 Å². The van der Waals surface area contributed by atoms with Crippen LogP contribution in [0.15, 0.2) is 48.5 Å². The van der Waals surface area contributed by atoms with Gasteiger partial charge in [-0.15, -0.1) is 0 Å². The zero-order valence-electron chi connectivity index (χ0n) is 15.9. The number of amides is 2. The molecule has 3 rings (SSSR count). The second-order valence-electron chi connectivity index (χ2n) is 6.76. The van der Waals surface area contributed by atoms with E-state index in [2.05, 4.69) is 40.5 Å². The highest BCUT2D eigenvalue weighted by Crippen LogP contribution is 2.25. The lowest BCUT2D eigenvalue weighted by Gasteiger charge is -2.29. The predicted octanol–water partition coefficient (Wildman–Crippen LogP) is 2.42. The minimum atomic E-state index is -1.20. The zero-order chi connectivity index (χ0) is 19.9. The third-order valence-electron chi connectivity index (χ3n) is 4.74. The number of nitrogens with zero attached hydrogens (tertiary/aromatic N) is 2. The second kappa shape index (κ2) is 9.23. The molecule has 1 heterocycles. The zero-order valence-corrected chi connectivity index (χ0v) is 15.9. The van der Waals surface area contributed by atoms with Gasteiger partial charge in [-0.2, -0.15) is 0 Å². The fourth-order valence-electron chi connectivity index (χ4n) is 3.18. The first-order valence-corrected chi connectivity index (χ1v) is 9.26. The molecule has 7 nitrogen and oxygen atoms in total. The van der Waals surface area contributed by atoms with Crippen LogP contribution in [0, 0.1) is 0 Å². The number of anilines is 1. The number of carbonyl (C=O) groups is 2. The van der Waals surface area contributed by atoms with E-state index in [0.717, 1.165) is 43.0 Å². The molecule has 0 aliphatic carbocycles. The summed E-state index contributed by atoms with van der Waals surface area (Å²) < 4.78 is 5.40. The van der Waals surface area contributed by atoms with Gasteiger partial charge in [0.25, 0.3) is 0 Å². The van der Waals surface area contributed by atoms with Gasteiger partial charge >= 0.3 is 6.09 Å². The van der Waals surface area contributed by atoms with Gasteiger partial charge in [0.15, 0.2) is 0 Å². The monoisotopic (exact) mass is 383 g/mol. The van der Waals surface area contributed by atoms with Crippen molar-refractivity contribution in [1.82, 2.24) is 10.2 Å². The molecule has 7 heteroatoms. The Morgan fingerprint density at radius 3 is 2.50 bits per heavy atom. The molecule has 0 atom stereocenters. The lowest BCUT2D eigenvalue weighted by Crippen LogP contribution is -2.37. The van der Waals surface area contributed by atoms with Gasteiger partial charge < -0.3 is 25.0 Å². The van der Waals surface area contributed by atoms with Crippen LogP contribution in [0.1, 0.15) is 5.56 Å². The first kappa shape index (κ1) is 19.7. The Balaban J connectivity index is 1.65. The molecule has 2 N–H and O–H groups in total. The van der Waals surface area contributed by atoms with Crippen LogP contribution in [-0.2, 0) is 16.1 Å². The third-order valence-corrected chi connectivity index (χ3v) is 4.74. The van der Waals surface area contributed by atoms with Crippen molar-refractivity contribution in [2.24, 2.45) is 0 Å². The van der Waals surface area contributed by atoms with Crippen molar-refractivity contribution in [3.8, 4) is 11.1 Å². The molecule has 0 aromatic heterocycles. The Hall–Kier alpha value is -3.06. The molecule has 2 aromatic carbocycles. The molecule has 0 unspecified atom stereocenters. The Labute approximate surface area is 164 Å². The molecule has 2 amide bonds. The second-order valence-corrected chi connectivity index (χ2v) is 6.76. The van der Waals surface area contributed by atoms with E-state index in [-0.39, 0.29) is 12.5 Å². The molecule has 2 aromatic rings. The molecule has 0 saturated carbocycles. The van der Waals surface area contributed by atoms with Crippen LogP contribution in [0.3, 0.4) is 0 Å². The van der Waals surface area contributed by atoms with Gasteiger partial charge in [-0.3, -0.25) is 4.79 Å². The van der Waals surface area contributed by atoms with Crippen LogP contribution >= 0.6 is 0 Å². The first-order chi connectivity index (χ1) is 13.5. The predicted molar refractivity (Wildman–Crippen MR) is 107 cm³/mol. The lowest BCUT2D eigenvalue weighted by molar-refractivity contribution is -0.129. The number of morpholine rings is 1. The van der Waals surface area contributed by atoms with Crippen LogP contribution < -0.4 is 10.2 Å². The fourth-order valence-corrected chi connectivity index (χ4v) is 3.18. The van der Waals surface area contributed by atoms with Crippen LogP contribution in [0.25, 0.3) is 11.1 Å². The number of benzene rings is 2. The van der Waals surface area contributed by atoms with Crippen molar-refractivity contribution >= 4 is 17.7 Å². The minimum Gasteiger partial charge on any atom is -0.465 e. The largest absolute Gasteiger partial charge is 0.465 e. The Kier molecular flexibility index (Phi) is 6.49. The fraction of sp³-hybridized carbons (Fsp3) is 0.333. The van der Waals surface area contributed by atoms with E-state index in [9.17, 15) is 9.59 Å². The highest BCUT2D eigenvalue weighted by atomic mass is 16.5. The van der Waals surface area contributed by atoms with Gasteiger partial charge in [-0.25, -0.2) is 4.79 Å². The number of carbonyl (C=O) groups excluding carboxylic acids is 1. The van der Waals surface area contributed by atoms with Crippen LogP contribution in [0.4, 0.5) is 10.5 Å². The number of hydrogen-bond donors (Lipinski definition) is 2. The van der Waals surface area contributed by atoms with Crippen molar-refractivity contribution < 1.29 is 19.4 Å². The van der Waals surface area contributed by atoms with Gasteiger partial charge in [0.1, 0.15) is 6.54 Å². The number of rotatable bonds is 6. The number of hydrogen-bond acceptors (Lipinski definition) is 4. The summed E-state index contributed by atoms with van der Waals surface area (Å²) in [5, 5.41) is 10.7. The number of nitrogens with one attached hydrogen (secondary N) is 1. The number of carboxylic acid groups (broad SMARTS) is 1. The van der Waals surface area contributed by atoms with E-state index >= 15 is 0 Å². The summed E-state index contributed by atoms with van der Waals surface area (Å²) in [6.07, 6.45) is -1.20. The summed E-state index contributed by atoms with van der Waals surface area (Å²) in [6.45, 7) is 3.53. The quantitative estimate of drug-likeness (QED) is 0.801. The molecule has 0 bridgehead atoms. The first-order valence-electron chi connectivity index (χ1n) is 9.26. The van der Waals surface area contributed by atoms with Crippen molar-refractivity contribution in [3.63, 3.8) is 0 Å². The highest BCUT2D eigenvalue weighted by Gasteiger charge is 2.12. The summed E-state index contributed by atoms with van der Waals surface area (Å²) >= 11 is 0. The minimum absolute atomic E-state index is 0.228. The van der Waals surface area contributed by atoms with Crippen molar-refractivity contribution in [3.05, 3.63) is 54.1 Å². The van der Waals surface area contributed by atoms with E-state index in [0.29, 0.717) is 6.54 Å². The standard InChI is InChI=1S/C21H25N3O4/c1-23(20(25)14-22-21(26)27)15-16-3-2-4-18(13-16)17-5-7-19(8-6-17)24-9-11-28-12-10-24/h2-8,13,22H,9-12,14-15H2,1H3,(H,26,27). The van der Waals surface area contributed by atoms with E-state index < -0.39 is 6.09 Å². The summed E-state index contributed by atoms with van der Waals surface area (Å²) in [7, 11) is 1.66. The smallest absolute Gasteiger partial charge is 0.405 e. The molecular formula is C21H25N3O4. The average molecular weight is 383 g/mol. The molecule has 0 radical (unpaired) electrons. The van der Waals surface area contributed by atoms with Crippen LogP contribution in [0.2, 0.25) is 0 Å². The maximum Gasteiger partial charge on any atom is 0.405 e. The van der Waals surface area contributed by atoms with E-state index in [1.807, 2.05) is 18.2 Å². The molecule has 0 spiro atoms. The summed E-state index contributed by atoms with van der Waals surface area (Å²) in [5.74, 6) is -0.275. The normalized spacial score (nSPS) is 13.8. The van der Waals surface area contributed by atoms with E-state index in [4.69, 9.17) is 9.84 Å². The van der Waals surface area contributed by atoms with Gasteiger partial charge in [-0.05, 0) is 34.9 Å². The Morgan fingerprint density at radius 2 is 1.82 bits per heavy atom. The van der Waals surface area contributed by atoms with E-state index in [1.54, 1.807) is 7.05 Å². The molecule has 1 fully saturated rings. The third kappa shape index (κ3) is 5.23. The molecule has 28 heavy (non-hydrogen) atoms.